The Labute approximate surface area is 121 Å². The molecule has 1 nitrogen and oxygen atoms in total. The maximum Gasteiger partial charge on any atom is 0.134 e. The lowest BCUT2D eigenvalue weighted by Crippen LogP contribution is -2.19. The van der Waals surface area contributed by atoms with E-state index in [-0.39, 0.29) is 5.56 Å². The highest BCUT2D eigenvalue weighted by Gasteiger charge is 2.23. The van der Waals surface area contributed by atoms with E-state index in [1.54, 1.807) is 7.05 Å². The zero-order chi connectivity index (χ0) is 14.2. The van der Waals surface area contributed by atoms with Gasteiger partial charge in [0.05, 0.1) is 9.83 Å². The van der Waals surface area contributed by atoms with Crippen molar-refractivity contribution in [2.45, 2.75) is 13.0 Å². The second-order valence-corrected chi connectivity index (χ2v) is 6.51. The molecule has 1 heterocycles. The molecular weight excluding hydrogens is 339 g/mol. The van der Waals surface area contributed by atoms with E-state index in [0.29, 0.717) is 12.1 Å². The van der Waals surface area contributed by atoms with Crippen LogP contribution in [0.3, 0.4) is 0 Å². The Balaban J connectivity index is 2.54. The molecule has 1 aromatic carbocycles. The van der Waals surface area contributed by atoms with Gasteiger partial charge in [-0.1, -0.05) is 0 Å². The number of nitrogens with one attached hydrogen (secondary N) is 1. The molecular formula is C13H11BrF3NS. The van der Waals surface area contributed by atoms with Crippen LogP contribution in [-0.4, -0.2) is 7.05 Å². The number of thiophene rings is 1. The van der Waals surface area contributed by atoms with Crippen LogP contribution in [0.2, 0.25) is 0 Å². The zero-order valence-electron chi connectivity index (χ0n) is 10.2. The van der Waals surface area contributed by atoms with Crippen molar-refractivity contribution >= 4 is 27.3 Å². The van der Waals surface area contributed by atoms with E-state index in [1.807, 2.05) is 13.0 Å². The predicted octanol–water partition coefficient (Wildman–Crippen LogP) is 4.55. The molecule has 1 atom stereocenters. The molecule has 19 heavy (non-hydrogen) atoms. The molecule has 2 aromatic rings. The third kappa shape index (κ3) is 2.85. The Kier molecular flexibility index (Phi) is 4.32. The van der Waals surface area contributed by atoms with Crippen LogP contribution in [0, 0.1) is 24.4 Å². The van der Waals surface area contributed by atoms with Crippen LogP contribution in [0.1, 0.15) is 22.0 Å². The molecule has 0 fully saturated rings. The van der Waals surface area contributed by atoms with Gasteiger partial charge < -0.3 is 5.32 Å². The molecule has 2 rings (SSSR count). The second kappa shape index (κ2) is 5.64. The summed E-state index contributed by atoms with van der Waals surface area (Å²) in [7, 11) is 1.61. The molecule has 0 radical (unpaired) electrons. The summed E-state index contributed by atoms with van der Waals surface area (Å²) in [6.07, 6.45) is 0. The van der Waals surface area contributed by atoms with Crippen molar-refractivity contribution < 1.29 is 13.2 Å². The van der Waals surface area contributed by atoms with Gasteiger partial charge in [0.25, 0.3) is 0 Å². The molecule has 1 N–H and O–H groups in total. The van der Waals surface area contributed by atoms with Gasteiger partial charge in [0, 0.05) is 22.6 Å². The first-order valence-electron chi connectivity index (χ1n) is 5.51. The monoisotopic (exact) mass is 349 g/mol. The lowest BCUT2D eigenvalue weighted by molar-refractivity contribution is 0.502. The fourth-order valence-corrected chi connectivity index (χ4v) is 3.58. The number of hydrogen-bond acceptors (Lipinski definition) is 2. The Morgan fingerprint density at radius 3 is 2.16 bits per heavy atom. The molecule has 0 aliphatic carbocycles. The van der Waals surface area contributed by atoms with E-state index in [1.165, 1.54) is 11.3 Å². The molecule has 0 saturated heterocycles. The number of benzene rings is 1. The van der Waals surface area contributed by atoms with E-state index < -0.39 is 23.5 Å². The molecule has 0 amide bonds. The summed E-state index contributed by atoms with van der Waals surface area (Å²) < 4.78 is 41.5. The first-order chi connectivity index (χ1) is 8.93. The van der Waals surface area contributed by atoms with E-state index in [9.17, 15) is 13.2 Å². The smallest absolute Gasteiger partial charge is 0.134 e. The van der Waals surface area contributed by atoms with Crippen molar-refractivity contribution in [3.63, 3.8) is 0 Å². The van der Waals surface area contributed by atoms with Crippen LogP contribution in [0.5, 0.6) is 0 Å². The second-order valence-electron chi connectivity index (χ2n) is 4.11. The third-order valence-corrected chi connectivity index (χ3v) is 4.98. The molecule has 102 valence electrons. The summed E-state index contributed by atoms with van der Waals surface area (Å²) >= 11 is 4.77. The minimum atomic E-state index is -0.919. The van der Waals surface area contributed by atoms with Gasteiger partial charge in [-0.15, -0.1) is 11.3 Å². The zero-order valence-corrected chi connectivity index (χ0v) is 12.6. The van der Waals surface area contributed by atoms with Gasteiger partial charge in [0.15, 0.2) is 0 Å². The van der Waals surface area contributed by atoms with Crippen LogP contribution < -0.4 is 5.32 Å². The van der Waals surface area contributed by atoms with Gasteiger partial charge in [0.1, 0.15) is 17.5 Å². The van der Waals surface area contributed by atoms with E-state index in [4.69, 9.17) is 0 Å². The molecule has 1 unspecified atom stereocenters. The van der Waals surface area contributed by atoms with Crippen molar-refractivity contribution in [1.29, 1.82) is 0 Å². The van der Waals surface area contributed by atoms with Crippen LogP contribution in [0.15, 0.2) is 22.0 Å². The van der Waals surface area contributed by atoms with Gasteiger partial charge in [-0.2, -0.15) is 0 Å². The van der Waals surface area contributed by atoms with E-state index in [0.717, 1.165) is 14.2 Å². The Morgan fingerprint density at radius 1 is 1.16 bits per heavy atom. The van der Waals surface area contributed by atoms with Crippen LogP contribution in [0.4, 0.5) is 13.2 Å². The summed E-state index contributed by atoms with van der Waals surface area (Å²) in [6.45, 7) is 1.90. The minimum Gasteiger partial charge on any atom is -0.308 e. The van der Waals surface area contributed by atoms with Gasteiger partial charge in [-0.25, -0.2) is 13.2 Å². The third-order valence-electron chi connectivity index (χ3n) is 2.78. The highest BCUT2D eigenvalue weighted by molar-refractivity contribution is 9.11. The summed E-state index contributed by atoms with van der Waals surface area (Å²) in [6, 6.07) is 2.59. The van der Waals surface area contributed by atoms with Crippen LogP contribution >= 0.6 is 27.3 Å². The maximum absolute atomic E-state index is 13.8. The molecule has 0 saturated carbocycles. The Hall–Kier alpha value is -0.850. The van der Waals surface area contributed by atoms with Crippen molar-refractivity contribution in [2.75, 3.05) is 7.05 Å². The summed E-state index contributed by atoms with van der Waals surface area (Å²) in [5.41, 5.74) is 0.820. The van der Waals surface area contributed by atoms with Crippen LogP contribution in [0.25, 0.3) is 0 Å². The first kappa shape index (κ1) is 14.6. The molecule has 0 bridgehead atoms. The molecule has 0 spiro atoms. The number of aryl methyl sites for hydroxylation is 1. The highest BCUT2D eigenvalue weighted by Crippen LogP contribution is 2.36. The fourth-order valence-electron chi connectivity index (χ4n) is 1.88. The quantitative estimate of drug-likeness (QED) is 0.857. The van der Waals surface area contributed by atoms with Gasteiger partial charge in [-0.3, -0.25) is 0 Å². The van der Waals surface area contributed by atoms with Crippen molar-refractivity contribution in [3.8, 4) is 0 Å². The maximum atomic E-state index is 13.8. The summed E-state index contributed by atoms with van der Waals surface area (Å²) in [4.78, 5) is 0.760. The van der Waals surface area contributed by atoms with E-state index >= 15 is 0 Å². The van der Waals surface area contributed by atoms with Crippen molar-refractivity contribution in [2.24, 2.45) is 0 Å². The highest BCUT2D eigenvalue weighted by atomic mass is 79.9. The predicted molar refractivity (Wildman–Crippen MR) is 74.0 cm³/mol. The molecule has 1 aromatic heterocycles. The van der Waals surface area contributed by atoms with E-state index in [2.05, 4.69) is 21.2 Å². The number of halogens is 4. The lowest BCUT2D eigenvalue weighted by atomic mass is 10.0. The summed E-state index contributed by atoms with van der Waals surface area (Å²) in [5, 5.41) is 2.86. The fraction of sp³-hybridized carbons (Fsp3) is 0.231. The normalized spacial score (nSPS) is 12.7. The van der Waals surface area contributed by atoms with Crippen LogP contribution in [-0.2, 0) is 0 Å². The number of rotatable bonds is 3. The summed E-state index contributed by atoms with van der Waals surface area (Å²) in [5.74, 6) is -2.70. The lowest BCUT2D eigenvalue weighted by Gasteiger charge is -2.16. The number of hydrogen-bond donors (Lipinski definition) is 1. The van der Waals surface area contributed by atoms with Gasteiger partial charge >= 0.3 is 0 Å². The standard InChI is InChI=1S/C13H11BrF3NS/c1-6-3-10(19-13(6)14)12(18-2)11-8(16)4-7(15)5-9(11)17/h3-5,12,18H,1-2H3. The average Bonchev–Trinajstić information content (AvgIpc) is 2.63. The van der Waals surface area contributed by atoms with Gasteiger partial charge in [-0.05, 0) is 41.5 Å². The minimum absolute atomic E-state index is 0.169. The van der Waals surface area contributed by atoms with Crippen molar-refractivity contribution in [1.82, 2.24) is 5.32 Å². The first-order valence-corrected chi connectivity index (χ1v) is 7.12. The van der Waals surface area contributed by atoms with Gasteiger partial charge in [0.2, 0.25) is 0 Å². The Morgan fingerprint density at radius 2 is 1.74 bits per heavy atom. The average molecular weight is 350 g/mol. The molecule has 0 aliphatic rings. The molecule has 6 heteroatoms. The SMILES string of the molecule is CNC(c1cc(C)c(Br)s1)c1c(F)cc(F)cc1F. The Bertz CT molecular complexity index is 569. The molecule has 0 aliphatic heterocycles. The van der Waals surface area contributed by atoms with Crippen molar-refractivity contribution in [3.05, 3.63) is 55.4 Å². The largest absolute Gasteiger partial charge is 0.308 e. The topological polar surface area (TPSA) is 12.0 Å².